The van der Waals surface area contributed by atoms with Gasteiger partial charge in [0.05, 0.1) is 0 Å². The molecule has 0 spiro atoms. The molecule has 1 aliphatic heterocycles. The van der Waals surface area contributed by atoms with E-state index in [1.807, 2.05) is 0 Å². The van der Waals surface area contributed by atoms with E-state index < -0.39 is 5.79 Å². The van der Waals surface area contributed by atoms with Gasteiger partial charge in [-0.1, -0.05) is 0 Å². The van der Waals surface area contributed by atoms with Crippen LogP contribution >= 0.6 is 0 Å². The molecule has 0 bridgehead atoms. The van der Waals surface area contributed by atoms with E-state index in [1.54, 1.807) is 19.1 Å². The summed E-state index contributed by atoms with van der Waals surface area (Å²) in [6, 6.07) is 6.37. The van der Waals surface area contributed by atoms with Crippen LogP contribution in [0.1, 0.15) is 12.5 Å². The molecule has 1 unspecified atom stereocenters. The second kappa shape index (κ2) is 2.99. The summed E-state index contributed by atoms with van der Waals surface area (Å²) in [5.41, 5.74) is 0.709. The molecule has 1 atom stereocenters. The number of aromatic hydroxyl groups is 1. The lowest BCUT2D eigenvalue weighted by Crippen LogP contribution is -2.22. The predicted molar refractivity (Wildman–Crippen MR) is 47.5 cm³/mol. The van der Waals surface area contributed by atoms with E-state index in [1.165, 1.54) is 12.1 Å². The number of phenolic OH excluding ortho intramolecular Hbond substituents is 1. The van der Waals surface area contributed by atoms with Crippen LogP contribution in [0.3, 0.4) is 0 Å². The first-order valence-corrected chi connectivity index (χ1v) is 4.25. The highest BCUT2D eigenvalue weighted by Gasteiger charge is 2.38. The van der Waals surface area contributed by atoms with Crippen molar-refractivity contribution in [2.75, 3.05) is 6.61 Å². The van der Waals surface area contributed by atoms with E-state index >= 15 is 0 Å². The number of cyclic esters (lactones) is 1. The summed E-state index contributed by atoms with van der Waals surface area (Å²) in [6.45, 7) is 1.64. The van der Waals surface area contributed by atoms with Crippen LogP contribution in [0.2, 0.25) is 0 Å². The van der Waals surface area contributed by atoms with Crippen LogP contribution in [0.25, 0.3) is 0 Å². The number of carbonyl (C=O) groups is 1. The molecule has 0 saturated carbocycles. The number of hydrogen-bond donors (Lipinski definition) is 1. The Morgan fingerprint density at radius 3 is 2.50 bits per heavy atom. The molecule has 0 radical (unpaired) electrons. The van der Waals surface area contributed by atoms with E-state index in [2.05, 4.69) is 0 Å². The fourth-order valence-corrected chi connectivity index (χ4v) is 1.38. The Morgan fingerprint density at radius 2 is 2.00 bits per heavy atom. The van der Waals surface area contributed by atoms with E-state index in [9.17, 15) is 4.79 Å². The summed E-state index contributed by atoms with van der Waals surface area (Å²) in [5.74, 6) is -1.22. The summed E-state index contributed by atoms with van der Waals surface area (Å²) in [5, 5.41) is 9.09. The van der Waals surface area contributed by atoms with Crippen LogP contribution in [-0.2, 0) is 20.1 Å². The molecular weight excluding hydrogens is 184 g/mol. The Labute approximate surface area is 81.1 Å². The molecule has 1 heterocycles. The minimum absolute atomic E-state index is 0.0304. The number of esters is 1. The summed E-state index contributed by atoms with van der Waals surface area (Å²) in [7, 11) is 0. The van der Waals surface area contributed by atoms with Gasteiger partial charge in [-0.05, 0) is 24.3 Å². The number of hydrogen-bond acceptors (Lipinski definition) is 4. The molecule has 1 fully saturated rings. The molecule has 14 heavy (non-hydrogen) atoms. The molecule has 0 amide bonds. The number of carbonyl (C=O) groups excluding carboxylic acids is 1. The van der Waals surface area contributed by atoms with Gasteiger partial charge in [-0.15, -0.1) is 0 Å². The second-order valence-corrected chi connectivity index (χ2v) is 3.26. The third-order valence-corrected chi connectivity index (χ3v) is 2.17. The summed E-state index contributed by atoms with van der Waals surface area (Å²) in [6.07, 6.45) is 0. The highest BCUT2D eigenvalue weighted by Crippen LogP contribution is 2.31. The monoisotopic (exact) mass is 194 g/mol. The minimum atomic E-state index is -1.01. The molecule has 1 saturated heterocycles. The summed E-state index contributed by atoms with van der Waals surface area (Å²) in [4.78, 5) is 10.9. The largest absolute Gasteiger partial charge is 0.508 e. The van der Waals surface area contributed by atoms with Gasteiger partial charge >= 0.3 is 5.97 Å². The quantitative estimate of drug-likeness (QED) is 0.681. The maximum atomic E-state index is 10.9. The summed E-state index contributed by atoms with van der Waals surface area (Å²) >= 11 is 0. The third kappa shape index (κ3) is 1.44. The molecular formula is C10H10O4. The van der Waals surface area contributed by atoms with E-state index in [-0.39, 0.29) is 18.3 Å². The number of benzene rings is 1. The highest BCUT2D eigenvalue weighted by atomic mass is 16.8. The zero-order chi connectivity index (χ0) is 10.2. The Balaban J connectivity index is 2.30. The lowest BCUT2D eigenvalue weighted by molar-refractivity contribution is -0.170. The molecule has 1 aromatic rings. The maximum absolute atomic E-state index is 10.9. The van der Waals surface area contributed by atoms with Crippen molar-refractivity contribution in [1.82, 2.24) is 0 Å². The van der Waals surface area contributed by atoms with Gasteiger partial charge in [0, 0.05) is 12.5 Å². The lowest BCUT2D eigenvalue weighted by atomic mass is 10.1. The topological polar surface area (TPSA) is 55.8 Å². The molecule has 74 valence electrons. The average Bonchev–Trinajstić information content (AvgIpc) is 2.48. The third-order valence-electron chi connectivity index (χ3n) is 2.17. The van der Waals surface area contributed by atoms with Crippen LogP contribution in [0.4, 0.5) is 0 Å². The van der Waals surface area contributed by atoms with Crippen molar-refractivity contribution in [3.05, 3.63) is 29.8 Å². The average molecular weight is 194 g/mol. The van der Waals surface area contributed by atoms with E-state index in [0.29, 0.717) is 5.56 Å². The van der Waals surface area contributed by atoms with Gasteiger partial charge in [0.2, 0.25) is 5.79 Å². The first-order valence-electron chi connectivity index (χ1n) is 4.25. The smallest absolute Gasteiger partial charge is 0.335 e. The van der Waals surface area contributed by atoms with Gasteiger partial charge in [-0.2, -0.15) is 0 Å². The number of ether oxygens (including phenoxy) is 2. The van der Waals surface area contributed by atoms with Crippen LogP contribution in [0.5, 0.6) is 5.75 Å². The molecule has 0 aliphatic carbocycles. The van der Waals surface area contributed by atoms with Crippen molar-refractivity contribution in [3.8, 4) is 5.75 Å². The van der Waals surface area contributed by atoms with Crippen molar-refractivity contribution in [2.45, 2.75) is 12.7 Å². The molecule has 0 aromatic heterocycles. The SMILES string of the molecule is CC1(c2ccc(O)cc2)OCC(=O)O1. The van der Waals surface area contributed by atoms with E-state index in [4.69, 9.17) is 14.6 Å². The van der Waals surface area contributed by atoms with Crippen LogP contribution in [-0.4, -0.2) is 17.7 Å². The van der Waals surface area contributed by atoms with Crippen molar-refractivity contribution in [2.24, 2.45) is 0 Å². The molecule has 1 aromatic carbocycles. The number of phenols is 1. The Kier molecular flexibility index (Phi) is 1.93. The van der Waals surface area contributed by atoms with Gasteiger partial charge in [0.15, 0.2) is 0 Å². The maximum Gasteiger partial charge on any atom is 0.335 e. The zero-order valence-electron chi connectivity index (χ0n) is 7.69. The van der Waals surface area contributed by atoms with Gasteiger partial charge < -0.3 is 14.6 Å². The van der Waals surface area contributed by atoms with Crippen molar-refractivity contribution in [1.29, 1.82) is 0 Å². The molecule has 4 heteroatoms. The first-order chi connectivity index (χ1) is 6.60. The van der Waals surface area contributed by atoms with Gasteiger partial charge in [0.25, 0.3) is 0 Å². The van der Waals surface area contributed by atoms with Crippen LogP contribution < -0.4 is 0 Å². The fourth-order valence-electron chi connectivity index (χ4n) is 1.38. The highest BCUT2D eigenvalue weighted by molar-refractivity contribution is 5.72. The summed E-state index contributed by atoms with van der Waals surface area (Å²) < 4.78 is 10.3. The first kappa shape index (κ1) is 9.02. The lowest BCUT2D eigenvalue weighted by Gasteiger charge is -2.21. The van der Waals surface area contributed by atoms with Crippen LogP contribution in [0, 0.1) is 0 Å². The zero-order valence-corrected chi connectivity index (χ0v) is 7.69. The Bertz CT molecular complexity index is 357. The van der Waals surface area contributed by atoms with Gasteiger partial charge in [-0.25, -0.2) is 4.79 Å². The Hall–Kier alpha value is -1.55. The van der Waals surface area contributed by atoms with E-state index in [0.717, 1.165) is 0 Å². The molecule has 1 aliphatic rings. The fraction of sp³-hybridized carbons (Fsp3) is 0.300. The van der Waals surface area contributed by atoms with Gasteiger partial charge in [-0.3, -0.25) is 0 Å². The number of rotatable bonds is 1. The molecule has 2 rings (SSSR count). The predicted octanol–water partition coefficient (Wildman–Crippen LogP) is 1.14. The molecule has 4 nitrogen and oxygen atoms in total. The Morgan fingerprint density at radius 1 is 1.36 bits per heavy atom. The second-order valence-electron chi connectivity index (χ2n) is 3.26. The standard InChI is InChI=1S/C10H10O4/c1-10(13-6-9(12)14-10)7-2-4-8(11)5-3-7/h2-5,11H,6H2,1H3. The minimum Gasteiger partial charge on any atom is -0.508 e. The van der Waals surface area contributed by atoms with Crippen molar-refractivity contribution in [3.63, 3.8) is 0 Å². The molecule has 1 N–H and O–H groups in total. The van der Waals surface area contributed by atoms with Gasteiger partial charge in [0.1, 0.15) is 12.4 Å². The van der Waals surface area contributed by atoms with Crippen molar-refractivity contribution >= 4 is 5.97 Å². The van der Waals surface area contributed by atoms with Crippen molar-refractivity contribution < 1.29 is 19.4 Å². The normalized spacial score (nSPS) is 26.2. The van der Waals surface area contributed by atoms with Crippen LogP contribution in [0.15, 0.2) is 24.3 Å².